The second kappa shape index (κ2) is 7.37. The van der Waals surface area contributed by atoms with Crippen LogP contribution >= 0.6 is 43.7 Å². The summed E-state index contributed by atoms with van der Waals surface area (Å²) in [6.45, 7) is 0. The predicted molar refractivity (Wildman–Crippen MR) is 55.2 cm³/mol. The second-order valence-corrected chi connectivity index (χ2v) is 8.81. The molecule has 0 aromatic heterocycles. The molecule has 0 aliphatic rings. The molecule has 0 N–H and O–H groups in total. The Labute approximate surface area is 96.8 Å². The molecule has 0 spiro atoms. The van der Waals surface area contributed by atoms with Crippen molar-refractivity contribution in [1.29, 1.82) is 0 Å². The maximum absolute atomic E-state index is 5.66. The maximum atomic E-state index is 5.66. The van der Waals surface area contributed by atoms with Crippen LogP contribution in [0.3, 0.4) is 0 Å². The molecule has 5 heteroatoms. The van der Waals surface area contributed by atoms with Crippen molar-refractivity contribution in [3.05, 3.63) is 0 Å². The van der Waals surface area contributed by atoms with Crippen LogP contribution in [0.4, 0.5) is 0 Å². The zero-order valence-corrected chi connectivity index (χ0v) is 11.9. The van der Waals surface area contributed by atoms with E-state index in [9.17, 15) is 0 Å². The van der Waals surface area contributed by atoms with E-state index in [0.717, 1.165) is 12.8 Å². The molecule has 66 valence electrons. The Morgan fingerprint density at radius 2 is 1.64 bits per heavy atom. The summed E-state index contributed by atoms with van der Waals surface area (Å²) in [7, 11) is 5.66. The van der Waals surface area contributed by atoms with Gasteiger partial charge in [-0.1, -0.05) is 0 Å². The minimum absolute atomic E-state index is 0.500. The molecule has 0 bridgehead atoms. The number of unbranched alkanes of at least 4 members (excludes halogenated alkanes) is 2. The van der Waals surface area contributed by atoms with Gasteiger partial charge in [0.15, 0.2) is 0 Å². The van der Waals surface area contributed by atoms with E-state index in [1.807, 2.05) is 0 Å². The van der Waals surface area contributed by atoms with E-state index in [2.05, 4.69) is 0 Å². The summed E-state index contributed by atoms with van der Waals surface area (Å²) in [6.07, 6.45) is 4.00. The van der Waals surface area contributed by atoms with Gasteiger partial charge >= 0.3 is 97.7 Å². The van der Waals surface area contributed by atoms with Crippen LogP contribution < -0.4 is 0 Å². The van der Waals surface area contributed by atoms with Crippen LogP contribution in [0, 0.1) is 0 Å². The van der Waals surface area contributed by atoms with E-state index in [1.165, 1.54) is 10.9 Å². The summed E-state index contributed by atoms with van der Waals surface area (Å²) < 4.78 is 0.172. The number of hydrogen-bond acceptors (Lipinski definition) is 0. The van der Waals surface area contributed by atoms with Crippen LogP contribution in [0.5, 0.6) is 0 Å². The molecule has 0 amide bonds. The van der Waals surface area contributed by atoms with Crippen LogP contribution in [-0.4, -0.2) is 23.8 Å². The van der Waals surface area contributed by atoms with E-state index in [0.29, 0.717) is 6.42 Å². The van der Waals surface area contributed by atoms with Crippen molar-refractivity contribution in [2.75, 3.05) is 0 Å². The van der Waals surface area contributed by atoms with Gasteiger partial charge < -0.3 is 0 Å². The van der Waals surface area contributed by atoms with Gasteiger partial charge in [0.1, 0.15) is 0 Å². The van der Waals surface area contributed by atoms with Gasteiger partial charge in [-0.05, 0) is 0 Å². The quantitative estimate of drug-likeness (QED) is 0.399. The van der Waals surface area contributed by atoms with E-state index in [4.69, 9.17) is 43.7 Å². The molecule has 0 saturated heterocycles. The normalized spacial score (nSPS) is 12.0. The fourth-order valence-corrected chi connectivity index (χ4v) is 3.09. The molecule has 0 aliphatic carbocycles. The second-order valence-electron chi connectivity index (χ2n) is 2.31. The Morgan fingerprint density at radius 3 is 2.09 bits per heavy atom. The summed E-state index contributed by atoms with van der Waals surface area (Å²) in [5.74, 6) is 0. The molecular formula is C6H10Cl4Sn. The van der Waals surface area contributed by atoms with Crippen molar-refractivity contribution < 1.29 is 0 Å². The average Bonchev–Trinajstić information content (AvgIpc) is 1.85. The molecule has 0 atom stereocenters. The standard InChI is InChI=1S/C6H10Cl3.ClH.Sn/c1-2-3-4-5-6(7,8)9;;/h1-5H2;1H;/q;;+1/p-1. The molecule has 0 rings (SSSR count). The van der Waals surface area contributed by atoms with E-state index in [1.54, 1.807) is 0 Å². The number of hydrogen-bond donors (Lipinski definition) is 0. The Kier molecular flexibility index (Phi) is 8.68. The molecule has 2 radical (unpaired) electrons. The summed E-state index contributed by atoms with van der Waals surface area (Å²) in [4.78, 5) is 0. The van der Waals surface area contributed by atoms with Crippen LogP contribution in [0.15, 0.2) is 0 Å². The average molecular weight is 343 g/mol. The first-order valence-electron chi connectivity index (χ1n) is 3.46. The SMILES string of the molecule is [Cl][Sn][CH2]CCCCC(Cl)(Cl)Cl. The number of alkyl halides is 3. The predicted octanol–water partition coefficient (Wildman–Crippen LogP) is 4.19. The van der Waals surface area contributed by atoms with Crippen LogP contribution in [0.2, 0.25) is 4.44 Å². The van der Waals surface area contributed by atoms with Gasteiger partial charge in [-0.3, -0.25) is 0 Å². The van der Waals surface area contributed by atoms with E-state index in [-0.39, 0.29) is 0 Å². The summed E-state index contributed by atoms with van der Waals surface area (Å²) in [5, 5.41) is 0. The van der Waals surface area contributed by atoms with E-state index < -0.39 is 23.8 Å². The third kappa shape index (κ3) is 12.0. The van der Waals surface area contributed by atoms with Crippen molar-refractivity contribution in [3.63, 3.8) is 0 Å². The molecule has 11 heavy (non-hydrogen) atoms. The zero-order chi connectivity index (χ0) is 8.74. The summed E-state index contributed by atoms with van der Waals surface area (Å²) in [6, 6.07) is 0. The topological polar surface area (TPSA) is 0 Å². The fraction of sp³-hybridized carbons (Fsp3) is 1.00. The monoisotopic (exact) mass is 342 g/mol. The van der Waals surface area contributed by atoms with Crippen molar-refractivity contribution in [2.24, 2.45) is 0 Å². The van der Waals surface area contributed by atoms with Gasteiger partial charge in [0.05, 0.1) is 0 Å². The third-order valence-corrected chi connectivity index (χ3v) is 4.61. The molecule has 0 aliphatic heterocycles. The van der Waals surface area contributed by atoms with Gasteiger partial charge in [-0.2, -0.15) is 0 Å². The first-order valence-corrected chi connectivity index (χ1v) is 10.2. The van der Waals surface area contributed by atoms with E-state index >= 15 is 0 Å². The fourth-order valence-electron chi connectivity index (χ4n) is 0.694. The molecule has 0 unspecified atom stereocenters. The third-order valence-electron chi connectivity index (χ3n) is 1.23. The van der Waals surface area contributed by atoms with Gasteiger partial charge in [-0.15, -0.1) is 0 Å². The molecule has 0 aromatic rings. The van der Waals surface area contributed by atoms with Crippen molar-refractivity contribution in [1.82, 2.24) is 0 Å². The number of halogens is 4. The molecule has 0 saturated carbocycles. The molecule has 0 nitrogen and oxygen atoms in total. The summed E-state index contributed by atoms with van der Waals surface area (Å²) in [5.41, 5.74) is 0. The number of rotatable bonds is 5. The molecule has 0 fully saturated rings. The van der Waals surface area contributed by atoms with Crippen molar-refractivity contribution in [3.8, 4) is 0 Å². The first-order chi connectivity index (χ1) is 5.06. The Hall–Kier alpha value is 1.96. The minimum atomic E-state index is -1.05. The van der Waals surface area contributed by atoms with Gasteiger partial charge in [0, 0.05) is 0 Å². The van der Waals surface area contributed by atoms with Crippen LogP contribution in [0.1, 0.15) is 25.7 Å². The van der Waals surface area contributed by atoms with Gasteiger partial charge in [0.25, 0.3) is 0 Å². The Morgan fingerprint density at radius 1 is 1.00 bits per heavy atom. The van der Waals surface area contributed by atoms with Gasteiger partial charge in [0.2, 0.25) is 0 Å². The first kappa shape index (κ1) is 13.0. The Balaban J connectivity index is 3.02. The molecule has 0 heterocycles. The van der Waals surface area contributed by atoms with Crippen molar-refractivity contribution >= 4 is 63.7 Å². The Bertz CT molecular complexity index is 91.1. The summed E-state index contributed by atoms with van der Waals surface area (Å²) >= 11 is 16.2. The van der Waals surface area contributed by atoms with Crippen LogP contribution in [-0.2, 0) is 0 Å². The molecular weight excluding hydrogens is 333 g/mol. The zero-order valence-electron chi connectivity index (χ0n) is 6.05. The van der Waals surface area contributed by atoms with Gasteiger partial charge in [-0.25, -0.2) is 0 Å². The molecule has 0 aromatic carbocycles. The van der Waals surface area contributed by atoms with Crippen molar-refractivity contribution in [2.45, 2.75) is 33.9 Å². The van der Waals surface area contributed by atoms with Crippen LogP contribution in [0.25, 0.3) is 0 Å².